The van der Waals surface area contributed by atoms with Crippen LogP contribution in [0, 0.1) is 5.82 Å². The van der Waals surface area contributed by atoms with Crippen molar-refractivity contribution in [1.29, 1.82) is 0 Å². The maximum absolute atomic E-state index is 13.0. The molecule has 0 aromatic heterocycles. The fourth-order valence-corrected chi connectivity index (χ4v) is 4.63. The highest BCUT2D eigenvalue weighted by molar-refractivity contribution is 7.89. The van der Waals surface area contributed by atoms with E-state index in [9.17, 15) is 17.6 Å². The molecular formula is C20H23FN2O3S. The van der Waals surface area contributed by atoms with Crippen LogP contribution in [-0.4, -0.2) is 32.3 Å². The van der Waals surface area contributed by atoms with Gasteiger partial charge in [-0.1, -0.05) is 31.0 Å². The zero-order valence-corrected chi connectivity index (χ0v) is 16.0. The van der Waals surface area contributed by atoms with E-state index in [-0.39, 0.29) is 22.7 Å². The molecule has 1 aliphatic rings. The van der Waals surface area contributed by atoms with E-state index in [1.165, 1.54) is 29.2 Å². The molecule has 5 nitrogen and oxygen atoms in total. The Morgan fingerprint density at radius 2 is 1.81 bits per heavy atom. The van der Waals surface area contributed by atoms with Gasteiger partial charge in [-0.2, -0.15) is 0 Å². The standard InChI is InChI=1S/C20H23FN2O3S/c1-23(14-15-9-11-17(21)12-10-15)20(24)16-5-4-8-19(13-16)27(25,26)22-18-6-2-3-7-18/h4-5,8-13,18,22H,2-3,6-7,14H2,1H3. The molecule has 0 spiro atoms. The van der Waals surface area contributed by atoms with Crippen molar-refractivity contribution in [1.82, 2.24) is 9.62 Å². The zero-order valence-electron chi connectivity index (χ0n) is 15.2. The van der Waals surface area contributed by atoms with Crippen LogP contribution in [0.5, 0.6) is 0 Å². The molecule has 1 N–H and O–H groups in total. The van der Waals surface area contributed by atoms with Crippen LogP contribution in [0.1, 0.15) is 41.6 Å². The highest BCUT2D eigenvalue weighted by atomic mass is 32.2. The summed E-state index contributed by atoms with van der Waals surface area (Å²) in [6, 6.07) is 12.0. The molecule has 0 aliphatic heterocycles. The molecule has 1 amide bonds. The molecular weight excluding hydrogens is 367 g/mol. The van der Waals surface area contributed by atoms with Gasteiger partial charge in [0.2, 0.25) is 10.0 Å². The third-order valence-corrected chi connectivity index (χ3v) is 6.27. The van der Waals surface area contributed by atoms with E-state index >= 15 is 0 Å². The minimum absolute atomic E-state index is 0.0319. The van der Waals surface area contributed by atoms with Crippen LogP contribution in [0.15, 0.2) is 53.4 Å². The summed E-state index contributed by atoms with van der Waals surface area (Å²) in [4.78, 5) is 14.2. The molecule has 0 bridgehead atoms. The normalized spacial score (nSPS) is 15.0. The number of benzene rings is 2. The number of nitrogens with zero attached hydrogens (tertiary/aromatic N) is 1. The van der Waals surface area contributed by atoms with Crippen molar-refractivity contribution in [3.63, 3.8) is 0 Å². The SMILES string of the molecule is CN(Cc1ccc(F)cc1)C(=O)c1cccc(S(=O)(=O)NC2CCCC2)c1. The van der Waals surface area contributed by atoms with E-state index in [4.69, 9.17) is 0 Å². The second kappa shape index (κ2) is 8.19. The van der Waals surface area contributed by atoms with Crippen molar-refractivity contribution in [2.24, 2.45) is 0 Å². The second-order valence-electron chi connectivity index (χ2n) is 6.92. The Balaban J connectivity index is 1.73. The van der Waals surface area contributed by atoms with Crippen LogP contribution < -0.4 is 4.72 Å². The van der Waals surface area contributed by atoms with Gasteiger partial charge in [0.05, 0.1) is 4.90 Å². The first-order chi connectivity index (χ1) is 12.8. The van der Waals surface area contributed by atoms with E-state index in [1.807, 2.05) is 0 Å². The molecule has 0 saturated heterocycles. The lowest BCUT2D eigenvalue weighted by Gasteiger charge is -2.18. The first kappa shape index (κ1) is 19.5. The molecule has 0 unspecified atom stereocenters. The van der Waals surface area contributed by atoms with E-state index < -0.39 is 10.0 Å². The number of carbonyl (C=O) groups excluding carboxylic acids is 1. The predicted octanol–water partition coefficient (Wildman–Crippen LogP) is 3.32. The van der Waals surface area contributed by atoms with Crippen molar-refractivity contribution >= 4 is 15.9 Å². The van der Waals surface area contributed by atoms with Crippen LogP contribution in [0.25, 0.3) is 0 Å². The number of halogens is 1. The summed E-state index contributed by atoms with van der Waals surface area (Å²) >= 11 is 0. The number of carbonyl (C=O) groups is 1. The highest BCUT2D eigenvalue weighted by Crippen LogP contribution is 2.21. The Kier molecular flexibility index (Phi) is 5.92. The minimum Gasteiger partial charge on any atom is -0.337 e. The number of hydrogen-bond acceptors (Lipinski definition) is 3. The number of nitrogens with one attached hydrogen (secondary N) is 1. The lowest BCUT2D eigenvalue weighted by Crippen LogP contribution is -2.33. The number of hydrogen-bond donors (Lipinski definition) is 1. The van der Waals surface area contributed by atoms with Crippen LogP contribution in [0.4, 0.5) is 4.39 Å². The first-order valence-electron chi connectivity index (χ1n) is 8.97. The summed E-state index contributed by atoms with van der Waals surface area (Å²) < 4.78 is 40.9. The molecule has 2 aromatic rings. The summed E-state index contributed by atoms with van der Waals surface area (Å²) in [5, 5.41) is 0. The number of amides is 1. The summed E-state index contributed by atoms with van der Waals surface area (Å²) in [5.74, 6) is -0.627. The van der Waals surface area contributed by atoms with Crippen molar-refractivity contribution in [2.75, 3.05) is 7.05 Å². The maximum Gasteiger partial charge on any atom is 0.253 e. The van der Waals surface area contributed by atoms with E-state index in [0.717, 1.165) is 31.2 Å². The first-order valence-corrected chi connectivity index (χ1v) is 10.5. The van der Waals surface area contributed by atoms with E-state index in [2.05, 4.69) is 4.72 Å². The molecule has 0 heterocycles. The van der Waals surface area contributed by atoms with Crippen LogP contribution in [-0.2, 0) is 16.6 Å². The molecule has 144 valence electrons. The smallest absolute Gasteiger partial charge is 0.253 e. The third kappa shape index (κ3) is 4.93. The molecule has 3 rings (SSSR count). The van der Waals surface area contributed by atoms with Crippen molar-refractivity contribution < 1.29 is 17.6 Å². The van der Waals surface area contributed by atoms with Gasteiger partial charge in [0.15, 0.2) is 0 Å². The van der Waals surface area contributed by atoms with Gasteiger partial charge in [0.25, 0.3) is 5.91 Å². The van der Waals surface area contributed by atoms with Gasteiger partial charge in [0, 0.05) is 25.2 Å². The average molecular weight is 390 g/mol. The second-order valence-corrected chi connectivity index (χ2v) is 8.63. The predicted molar refractivity (Wildman–Crippen MR) is 101 cm³/mol. The summed E-state index contributed by atoms with van der Waals surface area (Å²) in [5.41, 5.74) is 1.09. The van der Waals surface area contributed by atoms with Crippen molar-refractivity contribution in [3.8, 4) is 0 Å². The Morgan fingerprint density at radius 3 is 2.48 bits per heavy atom. The summed E-state index contributed by atoms with van der Waals surface area (Å²) in [6.07, 6.45) is 3.75. The van der Waals surface area contributed by atoms with E-state index in [0.29, 0.717) is 12.1 Å². The van der Waals surface area contributed by atoms with Crippen molar-refractivity contribution in [2.45, 2.75) is 43.2 Å². The lowest BCUT2D eigenvalue weighted by molar-refractivity contribution is 0.0785. The Bertz CT molecular complexity index is 907. The minimum atomic E-state index is -3.65. The maximum atomic E-state index is 13.0. The molecule has 0 atom stereocenters. The van der Waals surface area contributed by atoms with E-state index in [1.54, 1.807) is 31.3 Å². The summed E-state index contributed by atoms with van der Waals surface area (Å²) in [7, 11) is -2.02. The van der Waals surface area contributed by atoms with Crippen LogP contribution >= 0.6 is 0 Å². The molecule has 1 fully saturated rings. The van der Waals surface area contributed by atoms with Gasteiger partial charge in [-0.3, -0.25) is 4.79 Å². The van der Waals surface area contributed by atoms with Gasteiger partial charge in [-0.15, -0.1) is 0 Å². The van der Waals surface area contributed by atoms with Crippen LogP contribution in [0.3, 0.4) is 0 Å². The van der Waals surface area contributed by atoms with Crippen LogP contribution in [0.2, 0.25) is 0 Å². The Morgan fingerprint density at radius 1 is 1.15 bits per heavy atom. The largest absolute Gasteiger partial charge is 0.337 e. The monoisotopic (exact) mass is 390 g/mol. The topological polar surface area (TPSA) is 66.5 Å². The fourth-order valence-electron chi connectivity index (χ4n) is 3.28. The van der Waals surface area contributed by atoms with Gasteiger partial charge < -0.3 is 4.90 Å². The average Bonchev–Trinajstić information content (AvgIpc) is 3.15. The van der Waals surface area contributed by atoms with Gasteiger partial charge in [-0.05, 0) is 48.7 Å². The Labute approximate surface area is 159 Å². The van der Waals surface area contributed by atoms with Crippen molar-refractivity contribution in [3.05, 3.63) is 65.5 Å². The molecule has 1 aliphatic carbocycles. The van der Waals surface area contributed by atoms with Gasteiger partial charge in [0.1, 0.15) is 5.82 Å². The molecule has 0 radical (unpaired) electrons. The number of sulfonamides is 1. The summed E-state index contributed by atoms with van der Waals surface area (Å²) in [6.45, 7) is 0.302. The quantitative estimate of drug-likeness (QED) is 0.823. The molecule has 2 aromatic carbocycles. The Hall–Kier alpha value is -2.25. The fraction of sp³-hybridized carbons (Fsp3) is 0.350. The third-order valence-electron chi connectivity index (χ3n) is 4.75. The molecule has 7 heteroatoms. The highest BCUT2D eigenvalue weighted by Gasteiger charge is 2.24. The van der Waals surface area contributed by atoms with Gasteiger partial charge in [-0.25, -0.2) is 17.5 Å². The van der Waals surface area contributed by atoms with Gasteiger partial charge >= 0.3 is 0 Å². The molecule has 27 heavy (non-hydrogen) atoms. The zero-order chi connectivity index (χ0) is 19.4. The lowest BCUT2D eigenvalue weighted by atomic mass is 10.1. The number of rotatable bonds is 6. The molecule has 1 saturated carbocycles.